The largest absolute Gasteiger partial charge is 0.497 e. The van der Waals surface area contributed by atoms with E-state index in [4.69, 9.17) is 4.74 Å². The molecule has 20 heavy (non-hydrogen) atoms. The van der Waals surface area contributed by atoms with E-state index in [1.54, 1.807) is 19.2 Å². The van der Waals surface area contributed by atoms with Crippen LogP contribution in [0.4, 0.5) is 0 Å². The minimum absolute atomic E-state index is 0.438. The summed E-state index contributed by atoms with van der Waals surface area (Å²) in [6.45, 7) is 0. The number of hydrogen-bond donors (Lipinski definition) is 1. The first-order valence-corrected chi connectivity index (χ1v) is 6.52. The van der Waals surface area contributed by atoms with Crippen molar-refractivity contribution in [2.24, 2.45) is 5.18 Å². The van der Waals surface area contributed by atoms with Gasteiger partial charge in [0, 0.05) is 5.56 Å². The molecule has 1 aliphatic rings. The summed E-state index contributed by atoms with van der Waals surface area (Å²) in [5.74, 6) is 1.18. The van der Waals surface area contributed by atoms with Gasteiger partial charge in [0.05, 0.1) is 18.5 Å². The number of ether oxygens (including phenoxy) is 1. The van der Waals surface area contributed by atoms with Crippen molar-refractivity contribution in [2.45, 2.75) is 25.3 Å². The van der Waals surface area contributed by atoms with Gasteiger partial charge >= 0.3 is 0 Å². The van der Waals surface area contributed by atoms with Crippen molar-refractivity contribution in [1.82, 2.24) is 9.71 Å². The molecule has 1 unspecified atom stereocenters. The molecule has 1 heterocycles. The number of methoxy groups -OCH3 is 1. The minimum Gasteiger partial charge on any atom is -0.497 e. The standard InChI is InChI=1S/C14H15N3O3/c1-20-10-7-5-9(6-8-10)14-15-13-11(16-18)3-2-4-12(13)17(14)19/h5-8,11,19H,2-4H2,1H3. The molecule has 0 spiro atoms. The van der Waals surface area contributed by atoms with E-state index < -0.39 is 6.04 Å². The first-order chi connectivity index (χ1) is 9.74. The molecule has 0 saturated heterocycles. The highest BCUT2D eigenvalue weighted by Crippen LogP contribution is 2.34. The van der Waals surface area contributed by atoms with Gasteiger partial charge in [0.15, 0.2) is 5.82 Å². The van der Waals surface area contributed by atoms with Crippen LogP contribution in [0, 0.1) is 4.91 Å². The zero-order chi connectivity index (χ0) is 14.1. The smallest absolute Gasteiger partial charge is 0.175 e. The maximum atomic E-state index is 10.9. The van der Waals surface area contributed by atoms with Crippen LogP contribution in [0.3, 0.4) is 0 Å². The summed E-state index contributed by atoms with van der Waals surface area (Å²) in [4.78, 5) is 15.3. The third kappa shape index (κ3) is 1.93. The number of rotatable bonds is 3. The van der Waals surface area contributed by atoms with Crippen molar-refractivity contribution in [1.29, 1.82) is 0 Å². The minimum atomic E-state index is -0.454. The fourth-order valence-corrected chi connectivity index (χ4v) is 2.59. The van der Waals surface area contributed by atoms with Gasteiger partial charge in [0.2, 0.25) is 0 Å². The Balaban J connectivity index is 2.05. The molecular formula is C14H15N3O3. The summed E-state index contributed by atoms with van der Waals surface area (Å²) < 4.78 is 6.18. The van der Waals surface area contributed by atoms with Gasteiger partial charge in [-0.2, -0.15) is 9.64 Å². The molecular weight excluding hydrogens is 258 g/mol. The molecule has 0 amide bonds. The Morgan fingerprint density at radius 2 is 2.15 bits per heavy atom. The van der Waals surface area contributed by atoms with Crippen molar-refractivity contribution in [3.05, 3.63) is 40.6 Å². The van der Waals surface area contributed by atoms with E-state index in [9.17, 15) is 10.1 Å². The van der Waals surface area contributed by atoms with Gasteiger partial charge in [0.1, 0.15) is 11.8 Å². The molecule has 6 heteroatoms. The van der Waals surface area contributed by atoms with E-state index in [2.05, 4.69) is 10.2 Å². The number of fused-ring (bicyclic) bond motifs is 1. The van der Waals surface area contributed by atoms with E-state index in [1.165, 1.54) is 0 Å². The van der Waals surface area contributed by atoms with Crippen LogP contribution in [0.5, 0.6) is 5.75 Å². The summed E-state index contributed by atoms with van der Waals surface area (Å²) >= 11 is 0. The van der Waals surface area contributed by atoms with Crippen LogP contribution in [0.25, 0.3) is 11.4 Å². The zero-order valence-electron chi connectivity index (χ0n) is 11.1. The van der Waals surface area contributed by atoms with E-state index in [0.717, 1.165) is 22.5 Å². The van der Waals surface area contributed by atoms with Crippen molar-refractivity contribution < 1.29 is 9.94 Å². The molecule has 2 aromatic rings. The third-order valence-electron chi connectivity index (χ3n) is 3.66. The molecule has 104 valence electrons. The van der Waals surface area contributed by atoms with Gasteiger partial charge in [-0.05, 0) is 43.5 Å². The predicted molar refractivity (Wildman–Crippen MR) is 72.9 cm³/mol. The van der Waals surface area contributed by atoms with Gasteiger partial charge in [-0.3, -0.25) is 0 Å². The lowest BCUT2D eigenvalue weighted by Gasteiger charge is -2.14. The van der Waals surface area contributed by atoms with E-state index >= 15 is 0 Å². The topological polar surface area (TPSA) is 76.7 Å². The molecule has 0 aliphatic heterocycles. The molecule has 0 saturated carbocycles. The first-order valence-electron chi connectivity index (χ1n) is 6.52. The van der Waals surface area contributed by atoms with E-state index in [1.807, 2.05) is 12.1 Å². The SMILES string of the molecule is COc1ccc(-c2nc3c(n2O)CCCC3N=O)cc1. The molecule has 1 aromatic carbocycles. The Morgan fingerprint density at radius 3 is 2.80 bits per heavy atom. The Bertz CT molecular complexity index is 634. The van der Waals surface area contributed by atoms with Crippen LogP contribution in [-0.2, 0) is 6.42 Å². The van der Waals surface area contributed by atoms with Crippen LogP contribution >= 0.6 is 0 Å². The van der Waals surface area contributed by atoms with E-state index in [-0.39, 0.29) is 0 Å². The average Bonchev–Trinajstić information content (AvgIpc) is 2.85. The molecule has 0 radical (unpaired) electrons. The zero-order valence-corrected chi connectivity index (χ0v) is 11.1. The number of benzene rings is 1. The second-order valence-corrected chi connectivity index (χ2v) is 4.82. The van der Waals surface area contributed by atoms with Gasteiger partial charge in [0.25, 0.3) is 0 Å². The molecule has 1 aromatic heterocycles. The lowest BCUT2D eigenvalue weighted by molar-refractivity contribution is 0.179. The fraction of sp³-hybridized carbons (Fsp3) is 0.357. The van der Waals surface area contributed by atoms with Crippen molar-refractivity contribution >= 4 is 0 Å². The number of nitroso groups, excluding NO2 is 1. The second-order valence-electron chi connectivity index (χ2n) is 4.82. The Labute approximate surface area is 116 Å². The van der Waals surface area contributed by atoms with Gasteiger partial charge in [-0.15, -0.1) is 0 Å². The second kappa shape index (κ2) is 4.96. The van der Waals surface area contributed by atoms with Crippen LogP contribution in [0.2, 0.25) is 0 Å². The molecule has 0 fully saturated rings. The summed E-state index contributed by atoms with van der Waals surface area (Å²) in [7, 11) is 1.60. The quantitative estimate of drug-likeness (QED) is 0.689. The maximum Gasteiger partial charge on any atom is 0.175 e. The molecule has 1 N–H and O–H groups in total. The number of imidazole rings is 1. The Hall–Kier alpha value is -2.37. The maximum absolute atomic E-state index is 10.9. The normalized spacial score (nSPS) is 17.6. The summed E-state index contributed by atoms with van der Waals surface area (Å²) in [5, 5.41) is 13.4. The Morgan fingerprint density at radius 1 is 1.40 bits per heavy atom. The lowest BCUT2D eigenvalue weighted by atomic mass is 9.97. The van der Waals surface area contributed by atoms with E-state index in [0.29, 0.717) is 30.1 Å². The fourth-order valence-electron chi connectivity index (χ4n) is 2.59. The van der Waals surface area contributed by atoms with Crippen LogP contribution in [-0.4, -0.2) is 22.0 Å². The van der Waals surface area contributed by atoms with Gasteiger partial charge < -0.3 is 9.94 Å². The van der Waals surface area contributed by atoms with Crippen molar-refractivity contribution in [2.75, 3.05) is 7.11 Å². The van der Waals surface area contributed by atoms with Crippen LogP contribution in [0.1, 0.15) is 30.3 Å². The highest BCUT2D eigenvalue weighted by molar-refractivity contribution is 5.58. The predicted octanol–water partition coefficient (Wildman–Crippen LogP) is 2.94. The third-order valence-corrected chi connectivity index (χ3v) is 3.66. The monoisotopic (exact) mass is 273 g/mol. The number of nitrogens with zero attached hydrogens (tertiary/aromatic N) is 3. The number of aromatic nitrogens is 2. The summed E-state index contributed by atoms with van der Waals surface area (Å²) in [6.07, 6.45) is 2.23. The highest BCUT2D eigenvalue weighted by Gasteiger charge is 2.28. The van der Waals surface area contributed by atoms with Gasteiger partial charge in [-0.1, -0.05) is 5.18 Å². The summed E-state index contributed by atoms with van der Waals surface area (Å²) in [5.41, 5.74) is 2.05. The molecule has 0 bridgehead atoms. The van der Waals surface area contributed by atoms with Crippen LogP contribution in [0.15, 0.2) is 29.4 Å². The molecule has 1 aliphatic carbocycles. The number of hydrogen-bond acceptors (Lipinski definition) is 5. The van der Waals surface area contributed by atoms with Crippen molar-refractivity contribution in [3.8, 4) is 17.1 Å². The van der Waals surface area contributed by atoms with Crippen LogP contribution < -0.4 is 4.74 Å². The summed E-state index contributed by atoms with van der Waals surface area (Å²) in [6, 6.07) is 6.80. The Kier molecular flexibility index (Phi) is 3.14. The molecule has 6 nitrogen and oxygen atoms in total. The molecule has 3 rings (SSSR count). The molecule has 1 atom stereocenters. The highest BCUT2D eigenvalue weighted by atomic mass is 16.5. The first kappa shape index (κ1) is 12.7. The van der Waals surface area contributed by atoms with Crippen molar-refractivity contribution in [3.63, 3.8) is 0 Å². The lowest BCUT2D eigenvalue weighted by Crippen LogP contribution is -2.10. The van der Waals surface area contributed by atoms with Gasteiger partial charge in [-0.25, -0.2) is 4.98 Å². The average molecular weight is 273 g/mol.